The Hall–Kier alpha value is 0.470. The van der Waals surface area contributed by atoms with Gasteiger partial charge in [0, 0.05) is 15.7 Å². The maximum Gasteiger partial charge on any atom is 0.0314 e. The normalized spacial score (nSPS) is 10.0. The van der Waals surface area contributed by atoms with E-state index >= 15 is 0 Å². The van der Waals surface area contributed by atoms with Crippen molar-refractivity contribution in [2.45, 2.75) is 6.42 Å². The highest BCUT2D eigenvalue weighted by molar-refractivity contribution is 9.10. The lowest BCUT2D eigenvalue weighted by Gasteiger charge is -1.90. The fraction of sp³-hybridized carbons (Fsp3) is 0.333. The molecule has 0 saturated carbocycles. The van der Waals surface area contributed by atoms with Crippen molar-refractivity contribution in [1.82, 2.24) is 0 Å². The number of halogens is 2. The molecule has 0 radical (unpaired) electrons. The van der Waals surface area contributed by atoms with Gasteiger partial charge >= 0.3 is 0 Å². The van der Waals surface area contributed by atoms with Crippen LogP contribution < -0.4 is 0 Å². The molecule has 3 heteroatoms. The van der Waals surface area contributed by atoms with Crippen molar-refractivity contribution >= 4 is 38.9 Å². The summed E-state index contributed by atoms with van der Waals surface area (Å²) in [4.78, 5) is 0. The maximum atomic E-state index is 5.55. The van der Waals surface area contributed by atoms with Crippen LogP contribution >= 0.6 is 38.9 Å². The van der Waals surface area contributed by atoms with Crippen molar-refractivity contribution < 1.29 is 0 Å². The van der Waals surface area contributed by atoms with E-state index < -0.39 is 0 Å². The van der Waals surface area contributed by atoms with Crippen LogP contribution in [-0.2, 0) is 6.42 Å². The molecule has 9 heavy (non-hydrogen) atoms. The standard InChI is InChI=1S/C6H6BrClS/c7-6-4-9-3-5(6)1-2-8/h3-4H,1-2H2. The van der Waals surface area contributed by atoms with Gasteiger partial charge in [-0.25, -0.2) is 0 Å². The molecule has 0 aliphatic heterocycles. The molecular weight excluding hydrogens is 219 g/mol. The Morgan fingerprint density at radius 1 is 1.56 bits per heavy atom. The van der Waals surface area contributed by atoms with E-state index in [1.54, 1.807) is 11.3 Å². The van der Waals surface area contributed by atoms with Crippen LogP contribution in [-0.4, -0.2) is 5.88 Å². The van der Waals surface area contributed by atoms with Crippen LogP contribution in [0.1, 0.15) is 5.56 Å². The predicted molar refractivity (Wildman–Crippen MR) is 46.4 cm³/mol. The number of aryl methyl sites for hydroxylation is 1. The van der Waals surface area contributed by atoms with Gasteiger partial charge in [0.25, 0.3) is 0 Å². The Morgan fingerprint density at radius 2 is 2.33 bits per heavy atom. The molecular formula is C6H6BrClS. The summed E-state index contributed by atoms with van der Waals surface area (Å²) in [5.41, 5.74) is 1.31. The molecule has 0 saturated heterocycles. The van der Waals surface area contributed by atoms with Gasteiger partial charge in [-0.3, -0.25) is 0 Å². The third-order valence-electron chi connectivity index (χ3n) is 1.05. The summed E-state index contributed by atoms with van der Waals surface area (Å²) in [6.07, 6.45) is 0.964. The van der Waals surface area contributed by atoms with Crippen molar-refractivity contribution in [1.29, 1.82) is 0 Å². The van der Waals surface area contributed by atoms with Crippen molar-refractivity contribution in [2.24, 2.45) is 0 Å². The second-order valence-corrected chi connectivity index (χ2v) is 3.66. The molecule has 1 heterocycles. The quantitative estimate of drug-likeness (QED) is 0.678. The summed E-state index contributed by atoms with van der Waals surface area (Å²) >= 11 is 10.7. The molecule has 0 fully saturated rings. The number of hydrogen-bond acceptors (Lipinski definition) is 1. The first-order valence-corrected chi connectivity index (χ1v) is 4.88. The summed E-state index contributed by atoms with van der Waals surface area (Å²) in [7, 11) is 0. The average Bonchev–Trinajstić information content (AvgIpc) is 2.18. The van der Waals surface area contributed by atoms with Crippen LogP contribution in [0.25, 0.3) is 0 Å². The second kappa shape index (κ2) is 3.59. The third kappa shape index (κ3) is 1.95. The number of thiophene rings is 1. The van der Waals surface area contributed by atoms with Gasteiger partial charge in [-0.2, -0.15) is 11.3 Å². The van der Waals surface area contributed by atoms with Crippen LogP contribution in [0.3, 0.4) is 0 Å². The Bertz CT molecular complexity index is 185. The van der Waals surface area contributed by atoms with E-state index in [9.17, 15) is 0 Å². The second-order valence-electron chi connectivity index (χ2n) is 1.68. The molecule has 0 aliphatic rings. The summed E-state index contributed by atoms with van der Waals surface area (Å²) in [6.45, 7) is 0. The monoisotopic (exact) mass is 224 g/mol. The lowest BCUT2D eigenvalue weighted by molar-refractivity contribution is 1.15. The highest BCUT2D eigenvalue weighted by atomic mass is 79.9. The summed E-state index contributed by atoms with van der Waals surface area (Å²) < 4.78 is 1.19. The highest BCUT2D eigenvalue weighted by Gasteiger charge is 1.97. The van der Waals surface area contributed by atoms with Gasteiger partial charge in [0.15, 0.2) is 0 Å². The van der Waals surface area contributed by atoms with Gasteiger partial charge in [0.05, 0.1) is 0 Å². The molecule has 0 spiro atoms. The van der Waals surface area contributed by atoms with E-state index in [0.717, 1.165) is 6.42 Å². The number of alkyl halides is 1. The third-order valence-corrected chi connectivity index (χ3v) is 3.08. The average molecular weight is 226 g/mol. The molecule has 1 rings (SSSR count). The molecule has 0 aliphatic carbocycles. The van der Waals surface area contributed by atoms with Crippen LogP contribution in [0.2, 0.25) is 0 Å². The van der Waals surface area contributed by atoms with E-state index in [2.05, 4.69) is 26.7 Å². The molecule has 0 unspecified atom stereocenters. The van der Waals surface area contributed by atoms with Crippen molar-refractivity contribution in [2.75, 3.05) is 5.88 Å². The van der Waals surface area contributed by atoms with Crippen LogP contribution in [0.15, 0.2) is 15.2 Å². The van der Waals surface area contributed by atoms with Crippen molar-refractivity contribution in [3.63, 3.8) is 0 Å². The van der Waals surface area contributed by atoms with Crippen molar-refractivity contribution in [3.05, 3.63) is 20.8 Å². The van der Waals surface area contributed by atoms with E-state index in [4.69, 9.17) is 11.6 Å². The van der Waals surface area contributed by atoms with Gasteiger partial charge in [-0.1, -0.05) is 0 Å². The summed E-state index contributed by atoms with van der Waals surface area (Å²) in [5, 5.41) is 4.19. The Kier molecular flexibility index (Phi) is 3.02. The summed E-state index contributed by atoms with van der Waals surface area (Å²) in [5.74, 6) is 0.704. The van der Waals surface area contributed by atoms with Gasteiger partial charge in [-0.15, -0.1) is 11.6 Å². The Morgan fingerprint density at radius 3 is 2.78 bits per heavy atom. The molecule has 0 amide bonds. The zero-order chi connectivity index (χ0) is 6.69. The molecule has 0 aromatic carbocycles. The topological polar surface area (TPSA) is 0 Å². The van der Waals surface area contributed by atoms with Gasteiger partial charge in [0.1, 0.15) is 0 Å². The minimum Gasteiger partial charge on any atom is -0.151 e. The summed E-state index contributed by atoms with van der Waals surface area (Å²) in [6, 6.07) is 0. The number of rotatable bonds is 2. The largest absolute Gasteiger partial charge is 0.151 e. The van der Waals surface area contributed by atoms with E-state index in [0.29, 0.717) is 5.88 Å². The first kappa shape index (κ1) is 7.58. The van der Waals surface area contributed by atoms with Crippen LogP contribution in [0, 0.1) is 0 Å². The van der Waals surface area contributed by atoms with E-state index in [1.807, 2.05) is 0 Å². The zero-order valence-electron chi connectivity index (χ0n) is 4.73. The SMILES string of the molecule is ClCCc1cscc1Br. The lowest BCUT2D eigenvalue weighted by Crippen LogP contribution is -1.81. The van der Waals surface area contributed by atoms with E-state index in [1.165, 1.54) is 10.0 Å². The highest BCUT2D eigenvalue weighted by Crippen LogP contribution is 2.21. The minimum atomic E-state index is 0.704. The first-order chi connectivity index (χ1) is 4.34. The molecule has 0 bridgehead atoms. The smallest absolute Gasteiger partial charge is 0.0314 e. The van der Waals surface area contributed by atoms with Gasteiger partial charge in [-0.05, 0) is 33.3 Å². The van der Waals surface area contributed by atoms with Crippen LogP contribution in [0.4, 0.5) is 0 Å². The minimum absolute atomic E-state index is 0.704. The fourth-order valence-electron chi connectivity index (χ4n) is 0.588. The van der Waals surface area contributed by atoms with Gasteiger partial charge in [0.2, 0.25) is 0 Å². The lowest BCUT2D eigenvalue weighted by atomic mass is 10.3. The maximum absolute atomic E-state index is 5.55. The molecule has 0 nitrogen and oxygen atoms in total. The number of hydrogen-bond donors (Lipinski definition) is 0. The van der Waals surface area contributed by atoms with Crippen LogP contribution in [0.5, 0.6) is 0 Å². The molecule has 0 atom stereocenters. The Balaban J connectivity index is 2.69. The fourth-order valence-corrected chi connectivity index (χ4v) is 2.33. The zero-order valence-corrected chi connectivity index (χ0v) is 7.89. The molecule has 1 aromatic rings. The molecule has 1 aromatic heterocycles. The molecule has 50 valence electrons. The predicted octanol–water partition coefficient (Wildman–Crippen LogP) is 3.29. The van der Waals surface area contributed by atoms with Crippen molar-refractivity contribution in [3.8, 4) is 0 Å². The molecule has 0 N–H and O–H groups in total. The first-order valence-electron chi connectivity index (χ1n) is 2.61. The van der Waals surface area contributed by atoms with E-state index in [-0.39, 0.29) is 0 Å². The Labute approximate surface area is 72.0 Å². The van der Waals surface area contributed by atoms with Gasteiger partial charge < -0.3 is 0 Å².